The van der Waals surface area contributed by atoms with Crippen LogP contribution in [0.3, 0.4) is 0 Å². The first-order valence-electron chi connectivity index (χ1n) is 6.49. The lowest BCUT2D eigenvalue weighted by molar-refractivity contribution is 0.196. The monoisotopic (exact) mass is 292 g/mol. The highest BCUT2D eigenvalue weighted by Gasteiger charge is 2.13. The van der Waals surface area contributed by atoms with E-state index in [9.17, 15) is 9.50 Å². The number of ether oxygens (including phenoxy) is 1. The minimum absolute atomic E-state index is 0.253. The zero-order valence-corrected chi connectivity index (χ0v) is 12.1. The number of benzene rings is 2. The molecule has 0 saturated heterocycles. The van der Waals surface area contributed by atoms with E-state index in [1.165, 1.54) is 23.9 Å². The third-order valence-corrected chi connectivity index (χ3v) is 3.89. The van der Waals surface area contributed by atoms with E-state index < -0.39 is 6.10 Å². The molecular weight excluding hydrogens is 275 g/mol. The average Bonchev–Trinajstić information content (AvgIpc) is 2.47. The van der Waals surface area contributed by atoms with Gasteiger partial charge in [0, 0.05) is 16.2 Å². The molecule has 0 heterocycles. The quantitative estimate of drug-likeness (QED) is 0.814. The summed E-state index contributed by atoms with van der Waals surface area (Å²) in [7, 11) is 0. The van der Waals surface area contributed by atoms with Gasteiger partial charge in [-0.2, -0.15) is 0 Å². The van der Waals surface area contributed by atoms with Crippen LogP contribution in [0.1, 0.15) is 18.6 Å². The molecule has 0 spiro atoms. The molecule has 0 fully saturated rings. The second kappa shape index (κ2) is 7.31. The molecule has 2 nitrogen and oxygen atoms in total. The van der Waals surface area contributed by atoms with E-state index in [4.69, 9.17) is 4.74 Å². The maximum Gasteiger partial charge on any atom is 0.125 e. The fourth-order valence-corrected chi connectivity index (χ4v) is 2.70. The summed E-state index contributed by atoms with van der Waals surface area (Å²) in [6.07, 6.45) is -0.618. The highest BCUT2D eigenvalue weighted by Crippen LogP contribution is 2.30. The number of thioether (sulfide) groups is 1. The van der Waals surface area contributed by atoms with E-state index in [-0.39, 0.29) is 5.82 Å². The van der Waals surface area contributed by atoms with Gasteiger partial charge in [-0.05, 0) is 37.3 Å². The van der Waals surface area contributed by atoms with Gasteiger partial charge in [-0.15, -0.1) is 11.8 Å². The van der Waals surface area contributed by atoms with E-state index in [0.29, 0.717) is 18.1 Å². The Labute approximate surface area is 122 Å². The molecule has 0 aromatic heterocycles. The number of aliphatic hydroxyl groups is 1. The maximum absolute atomic E-state index is 12.8. The zero-order chi connectivity index (χ0) is 14.4. The van der Waals surface area contributed by atoms with Crippen molar-refractivity contribution in [2.75, 3.05) is 12.4 Å². The smallest absolute Gasteiger partial charge is 0.125 e. The van der Waals surface area contributed by atoms with Gasteiger partial charge in [-0.1, -0.05) is 18.2 Å². The van der Waals surface area contributed by atoms with Crippen LogP contribution in [0.5, 0.6) is 5.75 Å². The molecule has 106 valence electrons. The SMILES string of the molecule is CCOc1ccccc1C(O)CSc1ccc(F)cc1. The van der Waals surface area contributed by atoms with Gasteiger partial charge < -0.3 is 9.84 Å². The summed E-state index contributed by atoms with van der Waals surface area (Å²) in [5.74, 6) is 0.953. The second-order valence-corrected chi connectivity index (χ2v) is 5.34. The third-order valence-electron chi connectivity index (χ3n) is 2.80. The Kier molecular flexibility index (Phi) is 5.44. The van der Waals surface area contributed by atoms with Crippen LogP contribution < -0.4 is 4.74 Å². The van der Waals surface area contributed by atoms with Gasteiger partial charge in [0.25, 0.3) is 0 Å². The van der Waals surface area contributed by atoms with Crippen molar-refractivity contribution < 1.29 is 14.2 Å². The molecule has 1 atom stereocenters. The number of hydrogen-bond acceptors (Lipinski definition) is 3. The molecular formula is C16H17FO2S. The van der Waals surface area contributed by atoms with Gasteiger partial charge >= 0.3 is 0 Å². The number of aliphatic hydroxyl groups excluding tert-OH is 1. The molecule has 0 bridgehead atoms. The summed E-state index contributed by atoms with van der Waals surface area (Å²) in [6, 6.07) is 13.7. The van der Waals surface area contributed by atoms with Crippen LogP contribution in [0, 0.1) is 5.82 Å². The maximum atomic E-state index is 12.8. The Bertz CT molecular complexity index is 542. The highest BCUT2D eigenvalue weighted by molar-refractivity contribution is 7.99. The van der Waals surface area contributed by atoms with Gasteiger partial charge in [0.15, 0.2) is 0 Å². The van der Waals surface area contributed by atoms with E-state index in [0.717, 1.165) is 10.5 Å². The van der Waals surface area contributed by atoms with Gasteiger partial charge in [-0.3, -0.25) is 0 Å². The molecule has 0 amide bonds. The molecule has 0 aliphatic carbocycles. The molecule has 2 rings (SSSR count). The number of hydrogen-bond donors (Lipinski definition) is 1. The van der Waals surface area contributed by atoms with Crippen LogP contribution in [0.15, 0.2) is 53.4 Å². The summed E-state index contributed by atoms with van der Waals surface area (Å²) in [5.41, 5.74) is 0.781. The Morgan fingerprint density at radius 2 is 1.85 bits per heavy atom. The Morgan fingerprint density at radius 1 is 1.15 bits per heavy atom. The van der Waals surface area contributed by atoms with E-state index in [2.05, 4.69) is 0 Å². The van der Waals surface area contributed by atoms with Crippen molar-refractivity contribution in [2.24, 2.45) is 0 Å². The standard InChI is InChI=1S/C16H17FO2S/c1-2-19-16-6-4-3-5-14(16)15(18)11-20-13-9-7-12(17)8-10-13/h3-10,15,18H,2,11H2,1H3. The summed E-state index contributed by atoms with van der Waals surface area (Å²) in [5, 5.41) is 10.3. The molecule has 4 heteroatoms. The van der Waals surface area contributed by atoms with Gasteiger partial charge in [0.1, 0.15) is 11.6 Å². The normalized spacial score (nSPS) is 12.2. The summed E-state index contributed by atoms with van der Waals surface area (Å²) >= 11 is 1.49. The minimum atomic E-state index is -0.618. The van der Waals surface area contributed by atoms with Crippen LogP contribution in [0.25, 0.3) is 0 Å². The Hall–Kier alpha value is -1.52. The Balaban J connectivity index is 2.01. The fraction of sp³-hybridized carbons (Fsp3) is 0.250. The lowest BCUT2D eigenvalue weighted by Gasteiger charge is -2.15. The largest absolute Gasteiger partial charge is 0.493 e. The lowest BCUT2D eigenvalue weighted by atomic mass is 10.1. The van der Waals surface area contributed by atoms with E-state index >= 15 is 0 Å². The minimum Gasteiger partial charge on any atom is -0.493 e. The van der Waals surface area contributed by atoms with Crippen molar-refractivity contribution in [3.05, 3.63) is 59.9 Å². The predicted molar refractivity (Wildman–Crippen MR) is 79.7 cm³/mol. The number of halogens is 1. The van der Waals surface area contributed by atoms with Crippen molar-refractivity contribution in [3.8, 4) is 5.75 Å². The molecule has 1 N–H and O–H groups in total. The molecule has 2 aromatic carbocycles. The van der Waals surface area contributed by atoms with Crippen molar-refractivity contribution in [2.45, 2.75) is 17.9 Å². The average molecular weight is 292 g/mol. The van der Waals surface area contributed by atoms with Crippen molar-refractivity contribution in [3.63, 3.8) is 0 Å². The predicted octanol–water partition coefficient (Wildman–Crippen LogP) is 4.05. The topological polar surface area (TPSA) is 29.5 Å². The Morgan fingerprint density at radius 3 is 2.55 bits per heavy atom. The highest BCUT2D eigenvalue weighted by atomic mass is 32.2. The second-order valence-electron chi connectivity index (χ2n) is 4.25. The first-order chi connectivity index (χ1) is 9.70. The van der Waals surface area contributed by atoms with Gasteiger partial charge in [0.05, 0.1) is 12.7 Å². The van der Waals surface area contributed by atoms with E-state index in [1.807, 2.05) is 31.2 Å². The lowest BCUT2D eigenvalue weighted by Crippen LogP contribution is -2.04. The molecule has 0 aliphatic rings. The van der Waals surface area contributed by atoms with Crippen LogP contribution in [0.2, 0.25) is 0 Å². The van der Waals surface area contributed by atoms with E-state index in [1.54, 1.807) is 12.1 Å². The summed E-state index contributed by atoms with van der Waals surface area (Å²) < 4.78 is 18.3. The zero-order valence-electron chi connectivity index (χ0n) is 11.3. The number of para-hydroxylation sites is 1. The first-order valence-corrected chi connectivity index (χ1v) is 7.47. The molecule has 0 radical (unpaired) electrons. The van der Waals surface area contributed by atoms with Crippen LogP contribution in [0.4, 0.5) is 4.39 Å². The summed E-state index contributed by atoms with van der Waals surface area (Å²) in [4.78, 5) is 0.930. The molecule has 2 aromatic rings. The molecule has 0 saturated carbocycles. The third kappa shape index (κ3) is 3.99. The van der Waals surface area contributed by atoms with Crippen LogP contribution in [-0.2, 0) is 0 Å². The number of rotatable bonds is 6. The molecule has 0 aliphatic heterocycles. The van der Waals surface area contributed by atoms with Crippen LogP contribution >= 0.6 is 11.8 Å². The van der Waals surface area contributed by atoms with Crippen LogP contribution in [-0.4, -0.2) is 17.5 Å². The first kappa shape index (κ1) is 14.9. The molecule has 20 heavy (non-hydrogen) atoms. The van der Waals surface area contributed by atoms with Crippen molar-refractivity contribution in [1.82, 2.24) is 0 Å². The fourth-order valence-electron chi connectivity index (χ4n) is 1.84. The van der Waals surface area contributed by atoms with Crippen molar-refractivity contribution in [1.29, 1.82) is 0 Å². The molecule has 1 unspecified atom stereocenters. The van der Waals surface area contributed by atoms with Crippen molar-refractivity contribution >= 4 is 11.8 Å². The van der Waals surface area contributed by atoms with Gasteiger partial charge in [0.2, 0.25) is 0 Å². The van der Waals surface area contributed by atoms with Gasteiger partial charge in [-0.25, -0.2) is 4.39 Å². The summed E-state index contributed by atoms with van der Waals surface area (Å²) in [6.45, 7) is 2.48.